The van der Waals surface area contributed by atoms with Crippen LogP contribution in [0.2, 0.25) is 0 Å². The van der Waals surface area contributed by atoms with Crippen LogP contribution in [-0.2, 0) is 16.1 Å². The van der Waals surface area contributed by atoms with E-state index in [1.165, 1.54) is 0 Å². The molecule has 3 N–H and O–H groups in total. The highest BCUT2D eigenvalue weighted by molar-refractivity contribution is 5.99. The lowest BCUT2D eigenvalue weighted by molar-refractivity contribution is -0.166. The number of amides is 1. The SMILES string of the molecule is CCOC1CC(N)(C(=O)Nc2ccc(OCc3ccccc3)cc2)C1(C)C.Cl. The van der Waals surface area contributed by atoms with Gasteiger partial charge in [-0.2, -0.15) is 0 Å². The number of halogens is 1. The minimum Gasteiger partial charge on any atom is -0.489 e. The smallest absolute Gasteiger partial charge is 0.245 e. The van der Waals surface area contributed by atoms with Crippen LogP contribution < -0.4 is 15.8 Å². The lowest BCUT2D eigenvalue weighted by Crippen LogP contribution is -2.74. The molecule has 2 atom stereocenters. The van der Waals surface area contributed by atoms with E-state index in [0.29, 0.717) is 25.3 Å². The van der Waals surface area contributed by atoms with Crippen molar-refractivity contribution in [2.75, 3.05) is 11.9 Å². The fraction of sp³-hybridized carbons (Fsp3) is 0.409. The number of hydrogen-bond donors (Lipinski definition) is 2. The molecule has 0 aromatic heterocycles. The summed E-state index contributed by atoms with van der Waals surface area (Å²) in [5.41, 5.74) is 6.88. The first-order valence-corrected chi connectivity index (χ1v) is 9.35. The van der Waals surface area contributed by atoms with E-state index in [1.807, 2.05) is 75.4 Å². The molecule has 2 aromatic carbocycles. The Hall–Kier alpha value is -2.08. The Labute approximate surface area is 173 Å². The molecule has 28 heavy (non-hydrogen) atoms. The molecule has 2 unspecified atom stereocenters. The summed E-state index contributed by atoms with van der Waals surface area (Å²) in [6.07, 6.45) is 0.532. The lowest BCUT2D eigenvalue weighted by Gasteiger charge is -2.57. The second-order valence-corrected chi connectivity index (χ2v) is 7.59. The van der Waals surface area contributed by atoms with E-state index in [0.717, 1.165) is 11.3 Å². The van der Waals surface area contributed by atoms with Gasteiger partial charge in [0.05, 0.1) is 6.10 Å². The molecule has 0 spiro atoms. The van der Waals surface area contributed by atoms with E-state index in [2.05, 4.69) is 5.32 Å². The van der Waals surface area contributed by atoms with Crippen LogP contribution in [0.1, 0.15) is 32.8 Å². The summed E-state index contributed by atoms with van der Waals surface area (Å²) in [6, 6.07) is 17.3. The Morgan fingerprint density at radius 1 is 1.14 bits per heavy atom. The van der Waals surface area contributed by atoms with Crippen LogP contribution in [-0.4, -0.2) is 24.2 Å². The quantitative estimate of drug-likeness (QED) is 0.726. The number of anilines is 1. The first-order valence-electron chi connectivity index (χ1n) is 9.35. The molecule has 6 heteroatoms. The molecule has 1 fully saturated rings. The predicted octanol–water partition coefficient (Wildman–Crippen LogP) is 4.16. The van der Waals surface area contributed by atoms with E-state index in [9.17, 15) is 4.79 Å². The average Bonchev–Trinajstić information content (AvgIpc) is 2.68. The molecule has 1 aliphatic rings. The van der Waals surface area contributed by atoms with Crippen LogP contribution in [0.3, 0.4) is 0 Å². The van der Waals surface area contributed by atoms with Gasteiger partial charge in [-0.05, 0) is 36.8 Å². The molecule has 0 saturated heterocycles. The van der Waals surface area contributed by atoms with Gasteiger partial charge in [-0.3, -0.25) is 4.79 Å². The van der Waals surface area contributed by atoms with Crippen LogP contribution in [0.15, 0.2) is 54.6 Å². The van der Waals surface area contributed by atoms with Crippen molar-refractivity contribution in [3.8, 4) is 5.75 Å². The Morgan fingerprint density at radius 3 is 2.36 bits per heavy atom. The number of hydrogen-bond acceptors (Lipinski definition) is 4. The van der Waals surface area contributed by atoms with Crippen LogP contribution >= 0.6 is 12.4 Å². The number of nitrogens with two attached hydrogens (primary N) is 1. The zero-order valence-corrected chi connectivity index (χ0v) is 17.4. The van der Waals surface area contributed by atoms with Crippen molar-refractivity contribution in [1.82, 2.24) is 0 Å². The third-order valence-corrected chi connectivity index (χ3v) is 5.60. The van der Waals surface area contributed by atoms with E-state index >= 15 is 0 Å². The number of benzene rings is 2. The molecular formula is C22H29ClN2O3. The first kappa shape index (κ1) is 22.2. The molecule has 0 bridgehead atoms. The minimum atomic E-state index is -0.935. The Morgan fingerprint density at radius 2 is 1.79 bits per heavy atom. The average molecular weight is 405 g/mol. The van der Waals surface area contributed by atoms with E-state index in [-0.39, 0.29) is 24.4 Å². The molecule has 2 aromatic rings. The molecular weight excluding hydrogens is 376 g/mol. The van der Waals surface area contributed by atoms with Crippen LogP contribution in [0.5, 0.6) is 5.75 Å². The maximum atomic E-state index is 12.8. The maximum absolute atomic E-state index is 12.8. The van der Waals surface area contributed by atoms with Gasteiger partial charge in [0, 0.05) is 24.1 Å². The summed E-state index contributed by atoms with van der Waals surface area (Å²) in [5.74, 6) is 0.570. The van der Waals surface area contributed by atoms with E-state index in [4.69, 9.17) is 15.2 Å². The van der Waals surface area contributed by atoms with Crippen LogP contribution in [0.25, 0.3) is 0 Å². The second-order valence-electron chi connectivity index (χ2n) is 7.59. The van der Waals surface area contributed by atoms with Gasteiger partial charge >= 0.3 is 0 Å². The largest absolute Gasteiger partial charge is 0.489 e. The summed E-state index contributed by atoms with van der Waals surface area (Å²) >= 11 is 0. The number of ether oxygens (including phenoxy) is 2. The van der Waals surface area contributed by atoms with Gasteiger partial charge in [-0.1, -0.05) is 44.2 Å². The predicted molar refractivity (Wildman–Crippen MR) is 114 cm³/mol. The number of rotatable bonds is 7. The van der Waals surface area contributed by atoms with Crippen LogP contribution in [0.4, 0.5) is 5.69 Å². The zero-order valence-electron chi connectivity index (χ0n) is 16.6. The standard InChI is InChI=1S/C22H28N2O3.ClH/c1-4-26-19-14-22(23,21(19,2)3)20(25)24-17-10-12-18(13-11-17)27-15-16-8-6-5-7-9-16;/h5-13,19H,4,14-15,23H2,1-3H3,(H,24,25);1H. The molecule has 1 aliphatic carbocycles. The minimum absolute atomic E-state index is 0. The Bertz CT molecular complexity index is 780. The third-order valence-electron chi connectivity index (χ3n) is 5.60. The summed E-state index contributed by atoms with van der Waals surface area (Å²) in [4.78, 5) is 12.8. The highest BCUT2D eigenvalue weighted by atomic mass is 35.5. The topological polar surface area (TPSA) is 73.6 Å². The molecule has 0 radical (unpaired) electrons. The summed E-state index contributed by atoms with van der Waals surface area (Å²) in [5, 5.41) is 2.93. The van der Waals surface area contributed by atoms with Crippen LogP contribution in [0, 0.1) is 5.41 Å². The van der Waals surface area contributed by atoms with Gasteiger partial charge in [-0.15, -0.1) is 12.4 Å². The van der Waals surface area contributed by atoms with E-state index < -0.39 is 11.0 Å². The molecule has 152 valence electrons. The summed E-state index contributed by atoms with van der Waals surface area (Å²) in [6.45, 7) is 7.05. The molecule has 5 nitrogen and oxygen atoms in total. The molecule has 1 amide bonds. The van der Waals surface area contributed by atoms with Crippen molar-refractivity contribution in [2.24, 2.45) is 11.1 Å². The molecule has 0 aliphatic heterocycles. The highest BCUT2D eigenvalue weighted by Crippen LogP contribution is 2.50. The highest BCUT2D eigenvalue weighted by Gasteiger charge is 2.62. The van der Waals surface area contributed by atoms with Gasteiger partial charge in [0.15, 0.2) is 0 Å². The van der Waals surface area contributed by atoms with Crippen molar-refractivity contribution >= 4 is 24.0 Å². The normalized spacial score (nSPS) is 22.5. The van der Waals surface area contributed by atoms with Crippen molar-refractivity contribution in [3.05, 3.63) is 60.2 Å². The van der Waals surface area contributed by atoms with Gasteiger partial charge in [0.1, 0.15) is 17.9 Å². The molecule has 3 rings (SSSR count). The maximum Gasteiger partial charge on any atom is 0.245 e. The van der Waals surface area contributed by atoms with Gasteiger partial charge in [0.2, 0.25) is 5.91 Å². The van der Waals surface area contributed by atoms with E-state index in [1.54, 1.807) is 0 Å². The number of carbonyl (C=O) groups is 1. The number of carbonyl (C=O) groups excluding carboxylic acids is 1. The Kier molecular flexibility index (Phi) is 7.10. The number of nitrogens with one attached hydrogen (secondary N) is 1. The monoisotopic (exact) mass is 404 g/mol. The summed E-state index contributed by atoms with van der Waals surface area (Å²) < 4.78 is 11.5. The van der Waals surface area contributed by atoms with Crippen molar-refractivity contribution in [3.63, 3.8) is 0 Å². The fourth-order valence-corrected chi connectivity index (χ4v) is 3.44. The van der Waals surface area contributed by atoms with Gasteiger partial charge in [-0.25, -0.2) is 0 Å². The van der Waals surface area contributed by atoms with Gasteiger partial charge < -0.3 is 20.5 Å². The molecule has 1 saturated carbocycles. The lowest BCUT2D eigenvalue weighted by atomic mass is 9.54. The fourth-order valence-electron chi connectivity index (χ4n) is 3.44. The molecule has 0 heterocycles. The van der Waals surface area contributed by atoms with Crippen molar-refractivity contribution < 1.29 is 14.3 Å². The summed E-state index contributed by atoms with van der Waals surface area (Å²) in [7, 11) is 0. The third kappa shape index (κ3) is 4.32. The zero-order chi connectivity index (χ0) is 19.5. The second kappa shape index (κ2) is 8.95. The first-order chi connectivity index (χ1) is 12.9. The van der Waals surface area contributed by atoms with Gasteiger partial charge in [0.25, 0.3) is 0 Å². The van der Waals surface area contributed by atoms with Crippen molar-refractivity contribution in [1.29, 1.82) is 0 Å². The van der Waals surface area contributed by atoms with Crippen molar-refractivity contribution in [2.45, 2.75) is 45.4 Å². The Balaban J connectivity index is 0.00000280.